The Bertz CT molecular complexity index is 895. The first-order valence-electron chi connectivity index (χ1n) is 8.26. The number of halogens is 1. The molecule has 0 atom stereocenters. The fourth-order valence-corrected chi connectivity index (χ4v) is 4.35. The maximum absolute atomic E-state index is 12.8. The average Bonchev–Trinajstić information content (AvgIpc) is 2.88. The highest BCUT2D eigenvalue weighted by Gasteiger charge is 2.33. The van der Waals surface area contributed by atoms with Gasteiger partial charge >= 0.3 is 0 Å². The van der Waals surface area contributed by atoms with Gasteiger partial charge in [-0.1, -0.05) is 49.1 Å². The second-order valence-corrected chi connectivity index (χ2v) is 8.42. The second-order valence-electron chi connectivity index (χ2n) is 5.89. The van der Waals surface area contributed by atoms with Crippen molar-refractivity contribution in [2.75, 3.05) is 11.5 Å². The average molecular weight is 448 g/mol. The highest BCUT2D eigenvalue weighted by Crippen LogP contribution is 2.37. The summed E-state index contributed by atoms with van der Waals surface area (Å²) in [6.07, 6.45) is 2.82. The van der Waals surface area contributed by atoms with Crippen LogP contribution in [0.5, 0.6) is 5.75 Å². The van der Waals surface area contributed by atoms with E-state index >= 15 is 0 Å². The number of aryl methyl sites for hydroxylation is 1. The van der Waals surface area contributed by atoms with Crippen LogP contribution in [0.2, 0.25) is 0 Å². The van der Waals surface area contributed by atoms with Gasteiger partial charge in [0.05, 0.1) is 21.7 Å². The summed E-state index contributed by atoms with van der Waals surface area (Å²) >= 11 is 10.3. The number of ether oxygens (including phenoxy) is 1. The van der Waals surface area contributed by atoms with Crippen molar-refractivity contribution in [2.45, 2.75) is 20.3 Å². The van der Waals surface area contributed by atoms with Gasteiger partial charge < -0.3 is 4.74 Å². The fraction of sp³-hybridized carbons (Fsp3) is 0.200. The molecule has 0 unspecified atom stereocenters. The van der Waals surface area contributed by atoms with E-state index in [0.717, 1.165) is 33.5 Å². The minimum Gasteiger partial charge on any atom is -0.492 e. The van der Waals surface area contributed by atoms with Crippen LogP contribution in [0.4, 0.5) is 5.69 Å². The van der Waals surface area contributed by atoms with Crippen LogP contribution in [-0.2, 0) is 4.79 Å². The van der Waals surface area contributed by atoms with E-state index < -0.39 is 0 Å². The van der Waals surface area contributed by atoms with Crippen molar-refractivity contribution in [1.82, 2.24) is 0 Å². The number of rotatable bonds is 5. The van der Waals surface area contributed by atoms with Gasteiger partial charge in [-0.3, -0.25) is 9.69 Å². The molecule has 6 heteroatoms. The van der Waals surface area contributed by atoms with Crippen molar-refractivity contribution in [3.63, 3.8) is 0 Å². The fourth-order valence-electron chi connectivity index (χ4n) is 2.54. The van der Waals surface area contributed by atoms with Crippen molar-refractivity contribution in [3.8, 4) is 5.75 Å². The first-order chi connectivity index (χ1) is 12.5. The lowest BCUT2D eigenvalue weighted by atomic mass is 10.2. The molecule has 0 aromatic heterocycles. The minimum absolute atomic E-state index is 0.0898. The van der Waals surface area contributed by atoms with E-state index in [2.05, 4.69) is 22.9 Å². The summed E-state index contributed by atoms with van der Waals surface area (Å²) < 4.78 is 7.09. The Morgan fingerprint density at radius 3 is 2.77 bits per heavy atom. The van der Waals surface area contributed by atoms with Gasteiger partial charge in [0.25, 0.3) is 5.91 Å². The third-order valence-corrected chi connectivity index (χ3v) is 5.69. The molecule has 3 nitrogen and oxygen atoms in total. The molecule has 0 saturated carbocycles. The van der Waals surface area contributed by atoms with Crippen molar-refractivity contribution in [3.05, 3.63) is 63.0 Å². The quantitative estimate of drug-likeness (QED) is 0.418. The minimum atomic E-state index is -0.0898. The van der Waals surface area contributed by atoms with Crippen molar-refractivity contribution in [1.29, 1.82) is 0 Å². The van der Waals surface area contributed by atoms with Gasteiger partial charge in [0.15, 0.2) is 4.32 Å². The summed E-state index contributed by atoms with van der Waals surface area (Å²) in [7, 11) is 0. The number of thioether (sulfide) groups is 1. The Balaban J connectivity index is 1.85. The van der Waals surface area contributed by atoms with Gasteiger partial charge in [0.2, 0.25) is 0 Å². The lowest BCUT2D eigenvalue weighted by Crippen LogP contribution is -2.27. The molecule has 2 aromatic rings. The molecule has 3 rings (SSSR count). The number of anilines is 1. The number of thiocarbonyl (C=S) groups is 1. The van der Waals surface area contributed by atoms with Gasteiger partial charge in [0.1, 0.15) is 5.75 Å². The summed E-state index contributed by atoms with van der Waals surface area (Å²) in [6.45, 7) is 4.74. The maximum atomic E-state index is 12.8. The number of hydrogen-bond donors (Lipinski definition) is 0. The van der Waals surface area contributed by atoms with Crippen LogP contribution in [0.25, 0.3) is 6.08 Å². The zero-order valence-electron chi connectivity index (χ0n) is 14.5. The molecule has 1 saturated heterocycles. The van der Waals surface area contributed by atoms with E-state index in [-0.39, 0.29) is 5.91 Å². The van der Waals surface area contributed by atoms with E-state index in [1.54, 1.807) is 4.90 Å². The molecule has 1 aliphatic rings. The monoisotopic (exact) mass is 447 g/mol. The molecule has 0 aliphatic carbocycles. The third kappa shape index (κ3) is 4.19. The Morgan fingerprint density at radius 1 is 1.27 bits per heavy atom. The first kappa shape index (κ1) is 19.1. The zero-order chi connectivity index (χ0) is 18.7. The molecule has 0 radical (unpaired) electrons. The number of amides is 1. The smallest absolute Gasteiger partial charge is 0.270 e. The number of hydrogen-bond acceptors (Lipinski definition) is 4. The topological polar surface area (TPSA) is 29.5 Å². The molecule has 1 aliphatic heterocycles. The molecular weight excluding hydrogens is 430 g/mol. The molecule has 1 heterocycles. The lowest BCUT2D eigenvalue weighted by Gasteiger charge is -2.14. The van der Waals surface area contributed by atoms with Crippen LogP contribution < -0.4 is 9.64 Å². The largest absolute Gasteiger partial charge is 0.492 e. The second kappa shape index (κ2) is 8.37. The van der Waals surface area contributed by atoms with Crippen LogP contribution in [0.15, 0.2) is 51.8 Å². The van der Waals surface area contributed by atoms with Crippen molar-refractivity contribution in [2.24, 2.45) is 0 Å². The summed E-state index contributed by atoms with van der Waals surface area (Å²) in [4.78, 5) is 15.0. The molecular formula is C20H18BrNO2S2. The van der Waals surface area contributed by atoms with Gasteiger partial charge in [-0.15, -0.1) is 0 Å². The zero-order valence-corrected chi connectivity index (χ0v) is 17.7. The number of benzene rings is 2. The van der Waals surface area contributed by atoms with Gasteiger partial charge in [-0.2, -0.15) is 0 Å². The lowest BCUT2D eigenvalue weighted by molar-refractivity contribution is -0.113. The Kier molecular flexibility index (Phi) is 6.16. The standard InChI is InChI=1S/C20H18BrNO2S2/c1-3-9-24-17-8-7-14(11-16(17)21)12-18-19(23)22(20(25)26-18)15-6-4-5-13(2)10-15/h4-8,10-12H,3,9H2,1-2H3/b18-12+. The highest BCUT2D eigenvalue weighted by atomic mass is 79.9. The van der Waals surface area contributed by atoms with E-state index in [9.17, 15) is 4.79 Å². The SMILES string of the molecule is CCCOc1ccc(/C=C2/SC(=S)N(c3cccc(C)c3)C2=O)cc1Br. The van der Waals surface area contributed by atoms with Gasteiger partial charge in [0, 0.05) is 0 Å². The summed E-state index contributed by atoms with van der Waals surface area (Å²) in [5, 5.41) is 0. The molecule has 0 N–H and O–H groups in total. The highest BCUT2D eigenvalue weighted by molar-refractivity contribution is 9.10. The van der Waals surface area contributed by atoms with E-state index in [4.69, 9.17) is 17.0 Å². The number of nitrogens with zero attached hydrogens (tertiary/aromatic N) is 1. The summed E-state index contributed by atoms with van der Waals surface area (Å²) in [5.41, 5.74) is 2.82. The molecule has 1 fully saturated rings. The molecule has 1 amide bonds. The van der Waals surface area contributed by atoms with Gasteiger partial charge in [-0.05, 0) is 70.7 Å². The van der Waals surface area contributed by atoms with Crippen LogP contribution in [0.1, 0.15) is 24.5 Å². The van der Waals surface area contributed by atoms with E-state index in [1.807, 2.05) is 55.5 Å². The van der Waals surface area contributed by atoms with E-state index in [1.165, 1.54) is 11.8 Å². The molecule has 26 heavy (non-hydrogen) atoms. The normalized spacial score (nSPS) is 15.8. The summed E-state index contributed by atoms with van der Waals surface area (Å²) in [5.74, 6) is 0.712. The number of carbonyl (C=O) groups is 1. The predicted molar refractivity (Wildman–Crippen MR) is 117 cm³/mol. The molecule has 0 bridgehead atoms. The third-order valence-electron chi connectivity index (χ3n) is 3.77. The van der Waals surface area contributed by atoms with Crippen LogP contribution in [0.3, 0.4) is 0 Å². The molecule has 0 spiro atoms. The van der Waals surface area contributed by atoms with Gasteiger partial charge in [-0.25, -0.2) is 0 Å². The van der Waals surface area contributed by atoms with Crippen molar-refractivity contribution < 1.29 is 9.53 Å². The Labute approximate surface area is 171 Å². The first-order valence-corrected chi connectivity index (χ1v) is 10.3. The summed E-state index contributed by atoms with van der Waals surface area (Å²) in [6, 6.07) is 13.6. The predicted octanol–water partition coefficient (Wildman–Crippen LogP) is 5.95. The number of carbonyl (C=O) groups excluding carboxylic acids is 1. The van der Waals surface area contributed by atoms with Crippen LogP contribution in [0, 0.1) is 6.92 Å². The molecule has 2 aromatic carbocycles. The molecule has 134 valence electrons. The van der Waals surface area contributed by atoms with Crippen LogP contribution >= 0.6 is 39.9 Å². The maximum Gasteiger partial charge on any atom is 0.270 e. The Morgan fingerprint density at radius 2 is 2.08 bits per heavy atom. The van der Waals surface area contributed by atoms with E-state index in [0.29, 0.717) is 15.8 Å². The van der Waals surface area contributed by atoms with Crippen molar-refractivity contribution >= 4 is 61.9 Å². The van der Waals surface area contributed by atoms with Crippen LogP contribution in [-0.4, -0.2) is 16.8 Å². The Hall–Kier alpha value is -1.63.